The van der Waals surface area contributed by atoms with Crippen molar-refractivity contribution in [2.45, 2.75) is 32.2 Å². The van der Waals surface area contributed by atoms with Gasteiger partial charge in [0.15, 0.2) is 0 Å². The van der Waals surface area contributed by atoms with Crippen LogP contribution in [-0.4, -0.2) is 22.8 Å². The van der Waals surface area contributed by atoms with Crippen LogP contribution in [0.4, 0.5) is 11.5 Å². The highest BCUT2D eigenvalue weighted by molar-refractivity contribution is 9.10. The van der Waals surface area contributed by atoms with Gasteiger partial charge in [0, 0.05) is 29.3 Å². The summed E-state index contributed by atoms with van der Waals surface area (Å²) in [6.45, 7) is 2.73. The summed E-state index contributed by atoms with van der Waals surface area (Å²) in [6.07, 6.45) is 2.48. The summed E-state index contributed by atoms with van der Waals surface area (Å²) < 4.78 is 1.14. The molecule has 0 saturated heterocycles. The zero-order chi connectivity index (χ0) is 16.1. The summed E-state index contributed by atoms with van der Waals surface area (Å²) in [5, 5.41) is 3.42. The topological polar surface area (TPSA) is 45.2 Å². The highest BCUT2D eigenvalue weighted by Crippen LogP contribution is 2.45. The standard InChI is InChI=1S/C18H18BrN3O/c1-10-7-15(13(8-14(10)19)11-3-4-11)20-16-6-5-12-9-22(2)18(23)17(12)21-16/h5-8,11H,3-4,9H2,1-2H3,(H,20,21). The number of halogens is 1. The van der Waals surface area contributed by atoms with Crippen LogP contribution in [0.1, 0.15) is 45.9 Å². The fourth-order valence-electron chi connectivity index (χ4n) is 3.05. The van der Waals surface area contributed by atoms with Crippen molar-refractivity contribution in [1.82, 2.24) is 9.88 Å². The van der Waals surface area contributed by atoms with Crippen molar-refractivity contribution in [2.75, 3.05) is 12.4 Å². The maximum atomic E-state index is 12.1. The molecule has 1 aromatic heterocycles. The van der Waals surface area contributed by atoms with Gasteiger partial charge in [-0.2, -0.15) is 0 Å². The Morgan fingerprint density at radius 3 is 2.83 bits per heavy atom. The lowest BCUT2D eigenvalue weighted by molar-refractivity contribution is 0.0812. The monoisotopic (exact) mass is 371 g/mol. The third-order valence-corrected chi connectivity index (χ3v) is 5.40. The molecule has 23 heavy (non-hydrogen) atoms. The molecule has 0 spiro atoms. The number of benzene rings is 1. The SMILES string of the molecule is Cc1cc(Nc2ccc3c(n2)C(=O)N(C)C3)c(C2CC2)cc1Br. The molecular formula is C18H18BrN3O. The van der Waals surface area contributed by atoms with Crippen LogP contribution in [0.2, 0.25) is 0 Å². The van der Waals surface area contributed by atoms with Gasteiger partial charge in [0.25, 0.3) is 5.91 Å². The maximum absolute atomic E-state index is 12.1. The van der Waals surface area contributed by atoms with Crippen LogP contribution in [0.5, 0.6) is 0 Å². The quantitative estimate of drug-likeness (QED) is 0.871. The molecule has 1 saturated carbocycles. The summed E-state index contributed by atoms with van der Waals surface area (Å²) in [5.74, 6) is 1.37. The summed E-state index contributed by atoms with van der Waals surface area (Å²) >= 11 is 3.62. The van der Waals surface area contributed by atoms with Crippen molar-refractivity contribution in [3.63, 3.8) is 0 Å². The van der Waals surface area contributed by atoms with Crippen molar-refractivity contribution < 1.29 is 4.79 Å². The number of hydrogen-bond donors (Lipinski definition) is 1. The van der Waals surface area contributed by atoms with Crippen LogP contribution in [0.15, 0.2) is 28.7 Å². The van der Waals surface area contributed by atoms with Gasteiger partial charge < -0.3 is 10.2 Å². The van der Waals surface area contributed by atoms with Crippen LogP contribution in [0.25, 0.3) is 0 Å². The van der Waals surface area contributed by atoms with Crippen molar-refractivity contribution in [3.8, 4) is 0 Å². The molecule has 0 atom stereocenters. The minimum atomic E-state index is -0.00180. The zero-order valence-electron chi connectivity index (χ0n) is 13.2. The lowest BCUT2D eigenvalue weighted by Crippen LogP contribution is -2.18. The van der Waals surface area contributed by atoms with E-state index in [9.17, 15) is 4.79 Å². The van der Waals surface area contributed by atoms with Gasteiger partial charge in [-0.25, -0.2) is 4.98 Å². The number of nitrogens with zero attached hydrogens (tertiary/aromatic N) is 2. The number of fused-ring (bicyclic) bond motifs is 1. The summed E-state index contributed by atoms with van der Waals surface area (Å²) in [7, 11) is 1.81. The fourth-order valence-corrected chi connectivity index (χ4v) is 3.41. The first-order chi connectivity index (χ1) is 11.0. The molecule has 2 heterocycles. The summed E-state index contributed by atoms with van der Waals surface area (Å²) in [6, 6.07) is 8.32. The summed E-state index contributed by atoms with van der Waals surface area (Å²) in [5.41, 5.74) is 5.18. The van der Waals surface area contributed by atoms with E-state index in [1.54, 1.807) is 11.9 Å². The molecule has 5 heteroatoms. The Bertz CT molecular complexity index is 814. The molecule has 1 N–H and O–H groups in total. The molecule has 1 aliphatic heterocycles. The Labute approximate surface area is 144 Å². The average molecular weight is 372 g/mol. The van der Waals surface area contributed by atoms with Gasteiger partial charge >= 0.3 is 0 Å². The smallest absolute Gasteiger partial charge is 0.272 e. The first-order valence-corrected chi connectivity index (χ1v) is 8.64. The first-order valence-electron chi connectivity index (χ1n) is 7.85. The Hall–Kier alpha value is -1.88. The minimum Gasteiger partial charge on any atom is -0.340 e. The van der Waals surface area contributed by atoms with Crippen LogP contribution in [0, 0.1) is 6.92 Å². The Balaban J connectivity index is 1.69. The van der Waals surface area contributed by atoms with Crippen LogP contribution in [0.3, 0.4) is 0 Å². The molecular weight excluding hydrogens is 354 g/mol. The van der Waals surface area contributed by atoms with Crippen molar-refractivity contribution in [3.05, 3.63) is 51.1 Å². The maximum Gasteiger partial charge on any atom is 0.272 e. The van der Waals surface area contributed by atoms with E-state index in [4.69, 9.17) is 0 Å². The second-order valence-corrected chi connectivity index (χ2v) is 7.31. The molecule has 118 valence electrons. The van der Waals surface area contributed by atoms with E-state index < -0.39 is 0 Å². The second-order valence-electron chi connectivity index (χ2n) is 6.45. The van der Waals surface area contributed by atoms with E-state index in [0.29, 0.717) is 18.2 Å². The van der Waals surface area contributed by atoms with Gasteiger partial charge in [0.05, 0.1) is 0 Å². The largest absolute Gasteiger partial charge is 0.340 e. The number of anilines is 2. The third kappa shape index (κ3) is 2.63. The number of rotatable bonds is 3. The van der Waals surface area contributed by atoms with Gasteiger partial charge in [-0.05, 0) is 55.0 Å². The van der Waals surface area contributed by atoms with Crippen LogP contribution >= 0.6 is 15.9 Å². The van der Waals surface area contributed by atoms with E-state index in [-0.39, 0.29) is 5.91 Å². The fraction of sp³-hybridized carbons (Fsp3) is 0.333. The number of nitrogens with one attached hydrogen (secondary N) is 1. The molecule has 1 amide bonds. The van der Waals surface area contributed by atoms with Crippen LogP contribution < -0.4 is 5.32 Å². The van der Waals surface area contributed by atoms with Gasteiger partial charge in [0.1, 0.15) is 11.5 Å². The van der Waals surface area contributed by atoms with Crippen molar-refractivity contribution in [2.24, 2.45) is 0 Å². The Morgan fingerprint density at radius 2 is 2.09 bits per heavy atom. The zero-order valence-corrected chi connectivity index (χ0v) is 14.8. The predicted molar refractivity (Wildman–Crippen MR) is 94.2 cm³/mol. The molecule has 1 aromatic carbocycles. The van der Waals surface area contributed by atoms with Gasteiger partial charge in [-0.15, -0.1) is 0 Å². The number of aromatic nitrogens is 1. The highest BCUT2D eigenvalue weighted by Gasteiger charge is 2.28. The molecule has 2 aliphatic rings. The molecule has 0 radical (unpaired) electrons. The molecule has 1 aliphatic carbocycles. The number of hydrogen-bond acceptors (Lipinski definition) is 3. The minimum absolute atomic E-state index is 0.00180. The number of amides is 1. The van der Waals surface area contributed by atoms with Gasteiger partial charge in [-0.3, -0.25) is 4.79 Å². The van der Waals surface area contributed by atoms with Crippen LogP contribution in [-0.2, 0) is 6.54 Å². The number of carbonyl (C=O) groups is 1. The van der Waals surface area contributed by atoms with E-state index >= 15 is 0 Å². The lowest BCUT2D eigenvalue weighted by Gasteiger charge is -2.14. The normalized spacial score (nSPS) is 16.7. The molecule has 0 bridgehead atoms. The van der Waals surface area contributed by atoms with Gasteiger partial charge in [-0.1, -0.05) is 22.0 Å². The molecule has 0 unspecified atom stereocenters. The first kappa shape index (κ1) is 14.7. The van der Waals surface area contributed by atoms with Crippen molar-refractivity contribution >= 4 is 33.3 Å². The summed E-state index contributed by atoms with van der Waals surface area (Å²) in [4.78, 5) is 18.3. The third-order valence-electron chi connectivity index (χ3n) is 4.55. The van der Waals surface area contributed by atoms with E-state index in [1.807, 2.05) is 12.1 Å². The average Bonchev–Trinajstić information content (AvgIpc) is 3.32. The molecule has 4 nitrogen and oxygen atoms in total. The van der Waals surface area contributed by atoms with E-state index in [0.717, 1.165) is 21.5 Å². The number of carbonyl (C=O) groups excluding carboxylic acids is 1. The number of aryl methyl sites for hydroxylation is 1. The van der Waals surface area contributed by atoms with E-state index in [2.05, 4.69) is 45.3 Å². The van der Waals surface area contributed by atoms with Crippen molar-refractivity contribution in [1.29, 1.82) is 0 Å². The lowest BCUT2D eigenvalue weighted by atomic mass is 10.1. The Morgan fingerprint density at radius 1 is 1.30 bits per heavy atom. The molecule has 1 fully saturated rings. The van der Waals surface area contributed by atoms with Gasteiger partial charge in [0.2, 0.25) is 0 Å². The molecule has 2 aromatic rings. The second kappa shape index (κ2) is 5.34. The number of pyridine rings is 1. The highest BCUT2D eigenvalue weighted by atomic mass is 79.9. The molecule has 4 rings (SSSR count). The predicted octanol–water partition coefficient (Wildman–Crippen LogP) is 4.36. The van der Waals surface area contributed by atoms with E-state index in [1.165, 1.54) is 24.0 Å². The Kier molecular flexibility index (Phi) is 3.41.